The third-order valence-corrected chi connectivity index (χ3v) is 5.59. The summed E-state index contributed by atoms with van der Waals surface area (Å²) in [6.45, 7) is 1.16. The predicted octanol–water partition coefficient (Wildman–Crippen LogP) is 3.85. The molecule has 0 aliphatic carbocycles. The Balaban J connectivity index is 1.87. The molecule has 9 heteroatoms. The van der Waals surface area contributed by atoms with Gasteiger partial charge in [-0.05, 0) is 63.0 Å². The lowest BCUT2D eigenvalue weighted by molar-refractivity contribution is -0.384. The van der Waals surface area contributed by atoms with E-state index in [1.165, 1.54) is 18.2 Å². The van der Waals surface area contributed by atoms with Crippen LogP contribution in [0.15, 0.2) is 51.7 Å². The first-order chi connectivity index (χ1) is 14.8. The molecule has 1 aliphatic rings. The number of fused-ring (bicyclic) bond motifs is 2. The van der Waals surface area contributed by atoms with Gasteiger partial charge < -0.3 is 14.2 Å². The van der Waals surface area contributed by atoms with Gasteiger partial charge in [0.15, 0.2) is 5.43 Å². The van der Waals surface area contributed by atoms with E-state index < -0.39 is 11.0 Å². The predicted molar refractivity (Wildman–Crippen MR) is 117 cm³/mol. The quantitative estimate of drug-likeness (QED) is 0.425. The van der Waals surface area contributed by atoms with E-state index in [9.17, 15) is 19.7 Å². The Hall–Kier alpha value is -3.23. The van der Waals surface area contributed by atoms with Gasteiger partial charge in [-0.3, -0.25) is 19.7 Å². The molecule has 2 aromatic carbocycles. The fraction of sp³-hybridized carbons (Fsp3) is 0.273. The Labute approximate surface area is 182 Å². The summed E-state index contributed by atoms with van der Waals surface area (Å²) in [6, 6.07) is 9.89. The van der Waals surface area contributed by atoms with Crippen molar-refractivity contribution < 1.29 is 14.1 Å². The van der Waals surface area contributed by atoms with E-state index in [4.69, 9.17) is 16.0 Å². The third-order valence-electron chi connectivity index (χ3n) is 5.35. The molecule has 0 bridgehead atoms. The van der Waals surface area contributed by atoms with Crippen LogP contribution in [-0.4, -0.2) is 47.8 Å². The zero-order valence-electron chi connectivity index (χ0n) is 17.0. The minimum atomic E-state index is -0.690. The normalized spacial score (nSPS) is 15.7. The highest BCUT2D eigenvalue weighted by molar-refractivity contribution is 6.31. The molecule has 1 atom stereocenters. The summed E-state index contributed by atoms with van der Waals surface area (Å²) in [5, 5.41) is 11.7. The Morgan fingerprint density at radius 3 is 2.52 bits per heavy atom. The molecule has 4 rings (SSSR count). The van der Waals surface area contributed by atoms with Crippen LogP contribution in [0.4, 0.5) is 5.69 Å². The van der Waals surface area contributed by atoms with Crippen molar-refractivity contribution >= 4 is 34.2 Å². The maximum absolute atomic E-state index is 13.4. The molecule has 1 amide bonds. The zero-order valence-corrected chi connectivity index (χ0v) is 17.8. The first-order valence-corrected chi connectivity index (χ1v) is 10.1. The van der Waals surface area contributed by atoms with Crippen molar-refractivity contribution in [3.8, 4) is 0 Å². The topological polar surface area (TPSA) is 96.9 Å². The number of amides is 1. The van der Waals surface area contributed by atoms with Crippen molar-refractivity contribution in [1.82, 2.24) is 9.80 Å². The SMILES string of the molecule is CN(C)CCCN1C(=O)c2oc3ccc(Cl)cc3c(=O)c2[C@H]1c1ccc([N+](=O)[O-])cc1. The first kappa shape index (κ1) is 21.0. The Kier molecular flexibility index (Phi) is 5.51. The summed E-state index contributed by atoms with van der Waals surface area (Å²) in [6.07, 6.45) is 0.690. The van der Waals surface area contributed by atoms with Crippen LogP contribution < -0.4 is 5.43 Å². The molecule has 3 aromatic rings. The van der Waals surface area contributed by atoms with Crippen LogP contribution >= 0.6 is 11.6 Å². The maximum atomic E-state index is 13.4. The van der Waals surface area contributed by atoms with Gasteiger partial charge in [0.25, 0.3) is 11.6 Å². The van der Waals surface area contributed by atoms with Crippen molar-refractivity contribution in [2.45, 2.75) is 12.5 Å². The largest absolute Gasteiger partial charge is 0.450 e. The summed E-state index contributed by atoms with van der Waals surface area (Å²) < 4.78 is 5.86. The molecular weight excluding hydrogens is 422 g/mol. The minimum absolute atomic E-state index is 0.00743. The lowest BCUT2D eigenvalue weighted by Gasteiger charge is -2.25. The molecule has 1 aliphatic heterocycles. The fourth-order valence-corrected chi connectivity index (χ4v) is 4.08. The van der Waals surface area contributed by atoms with Crippen molar-refractivity contribution in [2.75, 3.05) is 27.2 Å². The minimum Gasteiger partial charge on any atom is -0.450 e. The van der Waals surface area contributed by atoms with Crippen LogP contribution in [0.2, 0.25) is 5.02 Å². The van der Waals surface area contributed by atoms with E-state index in [0.29, 0.717) is 34.5 Å². The van der Waals surface area contributed by atoms with Crippen molar-refractivity contribution in [2.24, 2.45) is 0 Å². The number of nitro benzene ring substituents is 1. The number of halogens is 1. The second-order valence-electron chi connectivity index (χ2n) is 7.72. The summed E-state index contributed by atoms with van der Waals surface area (Å²) >= 11 is 6.07. The number of nitro groups is 1. The molecule has 1 aromatic heterocycles. The number of benzene rings is 2. The van der Waals surface area contributed by atoms with Crippen LogP contribution in [0.3, 0.4) is 0 Å². The number of hydrogen-bond donors (Lipinski definition) is 0. The summed E-state index contributed by atoms with van der Waals surface area (Å²) in [5.74, 6) is -0.362. The maximum Gasteiger partial charge on any atom is 0.290 e. The number of carbonyl (C=O) groups is 1. The second kappa shape index (κ2) is 8.13. The van der Waals surface area contributed by atoms with Gasteiger partial charge in [0.2, 0.25) is 5.76 Å². The lowest BCUT2D eigenvalue weighted by Crippen LogP contribution is -2.32. The van der Waals surface area contributed by atoms with Gasteiger partial charge >= 0.3 is 0 Å². The number of carbonyl (C=O) groups excluding carboxylic acids is 1. The molecule has 31 heavy (non-hydrogen) atoms. The Morgan fingerprint density at radius 2 is 1.87 bits per heavy atom. The Bertz CT molecular complexity index is 1240. The van der Waals surface area contributed by atoms with Crippen LogP contribution in [0.5, 0.6) is 0 Å². The third kappa shape index (κ3) is 3.80. The first-order valence-electron chi connectivity index (χ1n) is 9.74. The molecule has 0 spiro atoms. The molecule has 0 N–H and O–H groups in total. The van der Waals surface area contributed by atoms with Crippen LogP contribution in [-0.2, 0) is 0 Å². The highest BCUT2D eigenvalue weighted by atomic mass is 35.5. The van der Waals surface area contributed by atoms with E-state index in [0.717, 1.165) is 6.54 Å². The summed E-state index contributed by atoms with van der Waals surface area (Å²) in [5.41, 5.74) is 0.740. The summed E-state index contributed by atoms with van der Waals surface area (Å²) in [4.78, 5) is 40.8. The van der Waals surface area contributed by atoms with Gasteiger partial charge in [-0.25, -0.2) is 0 Å². The van der Waals surface area contributed by atoms with Crippen LogP contribution in [0.25, 0.3) is 11.0 Å². The van der Waals surface area contributed by atoms with E-state index in [-0.39, 0.29) is 28.3 Å². The van der Waals surface area contributed by atoms with E-state index in [1.807, 2.05) is 19.0 Å². The van der Waals surface area contributed by atoms with E-state index >= 15 is 0 Å². The number of rotatable bonds is 6. The van der Waals surface area contributed by atoms with Crippen molar-refractivity contribution in [3.05, 3.63) is 84.7 Å². The molecule has 0 fully saturated rings. The highest BCUT2D eigenvalue weighted by Gasteiger charge is 2.42. The van der Waals surface area contributed by atoms with Gasteiger partial charge in [0, 0.05) is 23.7 Å². The van der Waals surface area contributed by atoms with Crippen LogP contribution in [0.1, 0.15) is 34.1 Å². The molecular formula is C22H20ClN3O5. The average Bonchev–Trinajstić information content (AvgIpc) is 3.01. The number of non-ortho nitro benzene ring substituents is 1. The second-order valence-corrected chi connectivity index (χ2v) is 8.16. The van der Waals surface area contributed by atoms with E-state index in [2.05, 4.69) is 0 Å². The van der Waals surface area contributed by atoms with Gasteiger partial charge in [-0.2, -0.15) is 0 Å². The molecule has 2 heterocycles. The average molecular weight is 442 g/mol. The number of nitrogens with zero attached hydrogens (tertiary/aromatic N) is 3. The van der Waals surface area contributed by atoms with Crippen molar-refractivity contribution in [3.63, 3.8) is 0 Å². The Morgan fingerprint density at radius 1 is 1.16 bits per heavy atom. The molecule has 0 saturated heterocycles. The molecule has 0 unspecified atom stereocenters. The highest BCUT2D eigenvalue weighted by Crippen LogP contribution is 2.38. The zero-order chi connectivity index (χ0) is 22.3. The van der Waals surface area contributed by atoms with Gasteiger partial charge in [-0.15, -0.1) is 0 Å². The fourth-order valence-electron chi connectivity index (χ4n) is 3.91. The molecule has 0 radical (unpaired) electrons. The van der Waals surface area contributed by atoms with Gasteiger partial charge in [-0.1, -0.05) is 11.6 Å². The van der Waals surface area contributed by atoms with Crippen molar-refractivity contribution in [1.29, 1.82) is 0 Å². The van der Waals surface area contributed by atoms with Crippen LogP contribution in [0, 0.1) is 10.1 Å². The van der Waals surface area contributed by atoms with Gasteiger partial charge in [0.1, 0.15) is 5.58 Å². The molecule has 8 nitrogen and oxygen atoms in total. The molecule has 160 valence electrons. The van der Waals surface area contributed by atoms with E-state index in [1.54, 1.807) is 29.2 Å². The lowest BCUT2D eigenvalue weighted by atomic mass is 9.98. The van der Waals surface area contributed by atoms with Gasteiger partial charge in [0.05, 0.1) is 21.9 Å². The standard InChI is InChI=1S/C22H20ClN3O5/c1-24(2)10-3-11-25-19(13-4-7-15(8-5-13)26(29)30)18-20(27)16-12-14(23)6-9-17(16)31-21(18)22(25)28/h4-9,12,19H,3,10-11H2,1-2H3/t19-/m1/s1. The smallest absolute Gasteiger partial charge is 0.290 e. The monoisotopic (exact) mass is 441 g/mol. The summed E-state index contributed by atoms with van der Waals surface area (Å²) in [7, 11) is 3.88. The number of hydrogen-bond acceptors (Lipinski definition) is 6. The molecule has 0 saturated carbocycles.